The molecule has 1 aromatic rings. The van der Waals surface area contributed by atoms with E-state index in [-0.39, 0.29) is 21.8 Å². The van der Waals surface area contributed by atoms with E-state index in [1.54, 1.807) is 37.3 Å². The highest BCUT2D eigenvalue weighted by atomic mass is 32.2. The number of rotatable bonds is 17. The maximum Gasteiger partial charge on any atom is 0.294 e. The van der Waals surface area contributed by atoms with Crippen LogP contribution in [0, 0.1) is 5.92 Å². The zero-order valence-electron chi connectivity index (χ0n) is 35.2. The summed E-state index contributed by atoms with van der Waals surface area (Å²) in [5.74, 6) is -2.05. The topological polar surface area (TPSA) is 128 Å². The van der Waals surface area contributed by atoms with Gasteiger partial charge in [0.1, 0.15) is 5.92 Å². The maximum atomic E-state index is 13.1. The van der Waals surface area contributed by atoms with Gasteiger partial charge in [-0.25, -0.2) is 0 Å². The lowest BCUT2D eigenvalue weighted by Crippen LogP contribution is -2.59. The Morgan fingerprint density at radius 3 is 1.55 bits per heavy atom. The van der Waals surface area contributed by atoms with Crippen LogP contribution in [-0.4, -0.2) is 127 Å². The van der Waals surface area contributed by atoms with Gasteiger partial charge in [-0.1, -0.05) is 51.0 Å². The summed E-state index contributed by atoms with van der Waals surface area (Å²) in [7, 11) is 0.235. The Hall–Kier alpha value is -3.56. The minimum absolute atomic E-state index is 0.267. The molecule has 0 saturated carbocycles. The second kappa shape index (κ2) is 23.5. The van der Waals surface area contributed by atoms with Crippen LogP contribution in [0.1, 0.15) is 88.0 Å². The van der Waals surface area contributed by atoms with Gasteiger partial charge in [0, 0.05) is 13.1 Å². The van der Waals surface area contributed by atoms with E-state index in [1.165, 1.54) is 82.3 Å². The van der Waals surface area contributed by atoms with Gasteiger partial charge in [0.2, 0.25) is 11.8 Å². The minimum Gasteiger partial charge on any atom is -0.327 e. The predicted octanol–water partition coefficient (Wildman–Crippen LogP) is 6.85. The lowest BCUT2D eigenvalue weighted by molar-refractivity contribution is -0.904. The summed E-state index contributed by atoms with van der Waals surface area (Å²) in [5, 5.41) is 5.64. The Kier molecular flexibility index (Phi) is 21.1. The SMILES string of the molecule is CCCCN1C(=O)C(/C=C/C=C/C=C2\C(=O)N(c3ccc(S(=O)(=O)O)cc3)N=C2C)C(=O)N(CCCC)C1=S.CC[N+](C)(CC)CC.CC[N+](C)(CC)CC. The van der Waals surface area contributed by atoms with Gasteiger partial charge in [-0.15, -0.1) is 0 Å². The lowest BCUT2D eigenvalue weighted by Gasteiger charge is -2.38. The first-order valence-electron chi connectivity index (χ1n) is 19.7. The van der Waals surface area contributed by atoms with E-state index in [2.05, 4.69) is 60.7 Å². The Morgan fingerprint density at radius 1 is 0.745 bits per heavy atom. The van der Waals surface area contributed by atoms with Crippen molar-refractivity contribution in [3.8, 4) is 0 Å². The second-order valence-corrected chi connectivity index (χ2v) is 16.0. The average Bonchev–Trinajstić information content (AvgIpc) is 3.47. The molecule has 0 bridgehead atoms. The molecule has 0 aromatic heterocycles. The van der Waals surface area contributed by atoms with Crippen LogP contribution in [0.5, 0.6) is 0 Å². The summed E-state index contributed by atoms with van der Waals surface area (Å²) in [6, 6.07) is 5.11. The van der Waals surface area contributed by atoms with Gasteiger partial charge in [0.25, 0.3) is 16.0 Å². The Labute approximate surface area is 337 Å². The molecule has 2 heterocycles. The second-order valence-electron chi connectivity index (χ2n) is 14.2. The molecule has 0 radical (unpaired) electrons. The molecular formula is C41H68N6O6S2+2. The third-order valence-electron chi connectivity index (χ3n) is 10.8. The number of hydrogen-bond acceptors (Lipinski definition) is 7. The first kappa shape index (κ1) is 49.5. The van der Waals surface area contributed by atoms with E-state index < -0.39 is 21.9 Å². The van der Waals surface area contributed by atoms with E-state index in [0.29, 0.717) is 30.1 Å². The normalized spacial score (nSPS) is 16.6. The van der Waals surface area contributed by atoms with Gasteiger partial charge in [-0.05, 0) is 104 Å². The van der Waals surface area contributed by atoms with Crippen molar-refractivity contribution in [2.75, 3.05) is 71.5 Å². The lowest BCUT2D eigenvalue weighted by atomic mass is 10.0. The maximum absolute atomic E-state index is 13.1. The molecule has 0 spiro atoms. The zero-order chi connectivity index (χ0) is 42.0. The van der Waals surface area contributed by atoms with E-state index in [0.717, 1.165) is 30.7 Å². The largest absolute Gasteiger partial charge is 0.327 e. The van der Waals surface area contributed by atoms with Crippen molar-refractivity contribution in [2.45, 2.75) is 92.9 Å². The van der Waals surface area contributed by atoms with Crippen LogP contribution < -0.4 is 5.01 Å². The number of unbranched alkanes of at least 4 members (excludes halogenated alkanes) is 2. The molecule has 3 amide bonds. The smallest absolute Gasteiger partial charge is 0.294 e. The van der Waals surface area contributed by atoms with Crippen LogP contribution in [0.4, 0.5) is 5.69 Å². The number of thiocarbonyl (C=S) groups is 1. The van der Waals surface area contributed by atoms with Gasteiger partial charge in [-0.3, -0.25) is 28.7 Å². The van der Waals surface area contributed by atoms with E-state index >= 15 is 0 Å². The van der Waals surface area contributed by atoms with E-state index in [1.807, 2.05) is 13.8 Å². The number of amides is 3. The Morgan fingerprint density at radius 2 is 1.18 bits per heavy atom. The number of carbonyl (C=O) groups excluding carboxylic acids is 3. The fraction of sp³-hybridized carbons (Fsp3) is 0.585. The van der Waals surface area contributed by atoms with Gasteiger partial charge in [0.05, 0.1) is 75.2 Å². The highest BCUT2D eigenvalue weighted by Crippen LogP contribution is 2.25. The standard InChI is InChI=1S/C27H32N4O6S2.2C7H18N/c1-4-6-17-29-24(32)23(25(33)30(27(29)38)18-7-5-2)12-10-8-9-11-22-19(3)28-31(26(22)34)20-13-15-21(16-14-20)39(35,36)37;2*1-5-8(4,6-2)7-3/h8-16,23H,4-7,17-18H2,1-3H3,(H,35,36,37);2*5-7H2,1-4H3/q;2*+1/b9-8+,12-10+,22-11-;;. The summed E-state index contributed by atoms with van der Waals surface area (Å²) in [4.78, 5) is 41.8. The molecule has 0 atom stereocenters. The van der Waals surface area contributed by atoms with Gasteiger partial charge in [0.15, 0.2) is 5.11 Å². The number of hydrazone groups is 1. The summed E-state index contributed by atoms with van der Waals surface area (Å²) >= 11 is 5.47. The first-order valence-corrected chi connectivity index (χ1v) is 21.6. The molecule has 12 nitrogen and oxygen atoms in total. The molecule has 0 aliphatic carbocycles. The van der Waals surface area contributed by atoms with Crippen molar-refractivity contribution in [1.29, 1.82) is 0 Å². The highest BCUT2D eigenvalue weighted by molar-refractivity contribution is 7.85. The van der Waals surface area contributed by atoms with E-state index in [4.69, 9.17) is 16.8 Å². The number of allylic oxidation sites excluding steroid dienone is 4. The van der Waals surface area contributed by atoms with Crippen LogP contribution in [0.15, 0.2) is 70.2 Å². The van der Waals surface area contributed by atoms with Crippen molar-refractivity contribution in [1.82, 2.24) is 9.80 Å². The highest BCUT2D eigenvalue weighted by Gasteiger charge is 2.41. The third-order valence-corrected chi connectivity index (χ3v) is 12.1. The van der Waals surface area contributed by atoms with Crippen LogP contribution in [0.3, 0.4) is 0 Å². The van der Waals surface area contributed by atoms with Gasteiger partial charge in [-0.2, -0.15) is 18.5 Å². The fourth-order valence-corrected chi connectivity index (χ4v) is 6.20. The molecule has 1 saturated heterocycles. The number of hydrogen-bond donors (Lipinski definition) is 1. The first-order chi connectivity index (χ1) is 25.9. The Bertz CT molecular complexity index is 1600. The summed E-state index contributed by atoms with van der Waals surface area (Å²) in [5.41, 5.74) is 1.12. The molecule has 3 rings (SSSR count). The number of carbonyl (C=O) groups is 3. The average molecular weight is 805 g/mol. The third kappa shape index (κ3) is 14.5. The van der Waals surface area contributed by atoms with Crippen LogP contribution in [0.2, 0.25) is 0 Å². The summed E-state index contributed by atoms with van der Waals surface area (Å²) in [6.45, 7) is 27.6. The van der Waals surface area contributed by atoms with Crippen molar-refractivity contribution in [3.05, 3.63) is 60.2 Å². The number of anilines is 1. The molecule has 14 heteroatoms. The molecular weight excluding hydrogens is 737 g/mol. The fourth-order valence-electron chi connectivity index (χ4n) is 5.36. The molecule has 2 aliphatic heterocycles. The van der Waals surface area contributed by atoms with Crippen LogP contribution >= 0.6 is 12.2 Å². The summed E-state index contributed by atoms with van der Waals surface area (Å²) in [6.07, 6.45) is 11.3. The van der Waals surface area contributed by atoms with Crippen LogP contribution in [-0.2, 0) is 24.5 Å². The van der Waals surface area contributed by atoms with Crippen molar-refractivity contribution >= 4 is 56.6 Å². The Balaban J connectivity index is 0.000000787. The zero-order valence-corrected chi connectivity index (χ0v) is 36.9. The predicted molar refractivity (Wildman–Crippen MR) is 228 cm³/mol. The van der Waals surface area contributed by atoms with Crippen molar-refractivity contribution < 1.29 is 36.3 Å². The summed E-state index contributed by atoms with van der Waals surface area (Å²) < 4.78 is 34.1. The molecule has 308 valence electrons. The van der Waals surface area contributed by atoms with Crippen molar-refractivity contribution in [3.63, 3.8) is 0 Å². The minimum atomic E-state index is -4.35. The molecule has 2 aliphatic rings. The van der Waals surface area contributed by atoms with Crippen molar-refractivity contribution in [2.24, 2.45) is 11.0 Å². The number of benzene rings is 1. The van der Waals surface area contributed by atoms with Gasteiger partial charge < -0.3 is 8.97 Å². The number of nitrogens with zero attached hydrogens (tertiary/aromatic N) is 6. The molecule has 55 heavy (non-hydrogen) atoms. The molecule has 1 fully saturated rings. The van der Waals surface area contributed by atoms with Gasteiger partial charge >= 0.3 is 0 Å². The van der Waals surface area contributed by atoms with Crippen LogP contribution in [0.25, 0.3) is 0 Å². The quantitative estimate of drug-likeness (QED) is 0.0456. The van der Waals surface area contributed by atoms with E-state index in [9.17, 15) is 22.8 Å². The molecule has 1 aromatic carbocycles. The number of quaternary nitrogens is 2. The molecule has 0 unspecified atom stereocenters. The molecule has 1 N–H and O–H groups in total. The monoisotopic (exact) mass is 804 g/mol.